The molecule has 0 aliphatic rings. The normalized spacial score (nSPS) is 14.9. The topological polar surface area (TPSA) is 64.6 Å². The van der Waals surface area contributed by atoms with E-state index in [1.54, 1.807) is 6.92 Å². The van der Waals surface area contributed by atoms with E-state index in [-0.39, 0.29) is 11.9 Å². The van der Waals surface area contributed by atoms with E-state index in [9.17, 15) is 9.59 Å². The zero-order chi connectivity index (χ0) is 15.2. The number of hydrogen-bond donors (Lipinski definition) is 1. The molecule has 0 aromatic rings. The van der Waals surface area contributed by atoms with Gasteiger partial charge in [-0.1, -0.05) is 13.8 Å². The Hall–Kier alpha value is -1.10. The molecule has 0 heterocycles. The summed E-state index contributed by atoms with van der Waals surface area (Å²) in [5.41, 5.74) is -0.536. The van der Waals surface area contributed by atoms with Crippen LogP contribution in [-0.4, -0.2) is 36.7 Å². The largest absolute Gasteiger partial charge is 0.468 e. The highest BCUT2D eigenvalue weighted by Gasteiger charge is 2.27. The number of carbonyl (C=O) groups excluding carboxylic acids is 2. The Morgan fingerprint density at radius 1 is 1.11 bits per heavy atom. The van der Waals surface area contributed by atoms with Crippen LogP contribution in [0.2, 0.25) is 0 Å². The van der Waals surface area contributed by atoms with Crippen molar-refractivity contribution < 1.29 is 19.1 Å². The van der Waals surface area contributed by atoms with Crippen LogP contribution in [0.4, 0.5) is 0 Å². The van der Waals surface area contributed by atoms with Gasteiger partial charge in [-0.05, 0) is 40.0 Å². The summed E-state index contributed by atoms with van der Waals surface area (Å²) in [6.07, 6.45) is 0.611. The highest BCUT2D eigenvalue weighted by atomic mass is 16.6. The number of hydrogen-bond acceptors (Lipinski definition) is 5. The fourth-order valence-electron chi connectivity index (χ4n) is 1.61. The minimum Gasteiger partial charge on any atom is -0.468 e. The van der Waals surface area contributed by atoms with Crippen LogP contribution in [0.25, 0.3) is 0 Å². The molecule has 0 amide bonds. The van der Waals surface area contributed by atoms with Gasteiger partial charge in [-0.3, -0.25) is 14.9 Å². The fraction of sp³-hybridized carbons (Fsp3) is 0.857. The molecule has 0 aliphatic heterocycles. The minimum atomic E-state index is -0.554. The van der Waals surface area contributed by atoms with Gasteiger partial charge in [0.05, 0.1) is 7.11 Å². The highest BCUT2D eigenvalue weighted by Crippen LogP contribution is 2.11. The van der Waals surface area contributed by atoms with Crippen LogP contribution in [0.5, 0.6) is 0 Å². The van der Waals surface area contributed by atoms with Gasteiger partial charge in [0.2, 0.25) is 0 Å². The zero-order valence-corrected chi connectivity index (χ0v) is 13.1. The molecular weight excluding hydrogens is 246 g/mol. The third-order valence-electron chi connectivity index (χ3n) is 2.40. The van der Waals surface area contributed by atoms with Gasteiger partial charge in [0.15, 0.2) is 0 Å². The van der Waals surface area contributed by atoms with Crippen molar-refractivity contribution in [3.8, 4) is 0 Å². The summed E-state index contributed by atoms with van der Waals surface area (Å²) in [6, 6.07) is -1.05. The van der Waals surface area contributed by atoms with E-state index in [0.717, 1.165) is 0 Å². The molecule has 0 spiro atoms. The Balaban J connectivity index is 4.57. The molecule has 112 valence electrons. The molecule has 0 aliphatic carbocycles. The number of rotatable bonds is 6. The van der Waals surface area contributed by atoms with Crippen LogP contribution in [0, 0.1) is 5.92 Å². The van der Waals surface area contributed by atoms with Gasteiger partial charge in [-0.15, -0.1) is 0 Å². The molecule has 0 rings (SSSR count). The van der Waals surface area contributed by atoms with Crippen molar-refractivity contribution in [3.63, 3.8) is 0 Å². The van der Waals surface area contributed by atoms with E-state index in [1.807, 2.05) is 34.6 Å². The lowest BCUT2D eigenvalue weighted by molar-refractivity contribution is -0.157. The van der Waals surface area contributed by atoms with E-state index in [2.05, 4.69) is 5.32 Å². The lowest BCUT2D eigenvalue weighted by atomic mass is 10.0. The second-order valence-corrected chi connectivity index (χ2v) is 6.13. The van der Waals surface area contributed by atoms with Gasteiger partial charge in [-0.25, -0.2) is 0 Å². The maximum absolute atomic E-state index is 11.9. The van der Waals surface area contributed by atoms with Crippen molar-refractivity contribution in [1.82, 2.24) is 5.32 Å². The second kappa shape index (κ2) is 7.48. The fourth-order valence-corrected chi connectivity index (χ4v) is 1.61. The Kier molecular flexibility index (Phi) is 7.05. The summed E-state index contributed by atoms with van der Waals surface area (Å²) in [5, 5.41) is 2.97. The minimum absolute atomic E-state index is 0.322. The average molecular weight is 273 g/mol. The van der Waals surface area contributed by atoms with E-state index in [4.69, 9.17) is 9.47 Å². The first-order valence-corrected chi connectivity index (χ1v) is 6.63. The zero-order valence-electron chi connectivity index (χ0n) is 13.1. The van der Waals surface area contributed by atoms with Gasteiger partial charge in [0.1, 0.15) is 17.7 Å². The molecule has 19 heavy (non-hydrogen) atoms. The highest BCUT2D eigenvalue weighted by molar-refractivity contribution is 5.79. The first-order valence-electron chi connectivity index (χ1n) is 6.63. The number of ether oxygens (including phenoxy) is 2. The van der Waals surface area contributed by atoms with Crippen LogP contribution in [0.3, 0.4) is 0 Å². The third kappa shape index (κ3) is 7.82. The van der Waals surface area contributed by atoms with Crippen molar-refractivity contribution in [3.05, 3.63) is 0 Å². The van der Waals surface area contributed by atoms with Crippen molar-refractivity contribution in [1.29, 1.82) is 0 Å². The molecule has 1 N–H and O–H groups in total. The summed E-state index contributed by atoms with van der Waals surface area (Å²) < 4.78 is 10.0. The number of esters is 2. The molecule has 0 bridgehead atoms. The lowest BCUT2D eigenvalue weighted by Crippen LogP contribution is -2.48. The first kappa shape index (κ1) is 17.9. The lowest BCUT2D eigenvalue weighted by Gasteiger charge is -2.25. The van der Waals surface area contributed by atoms with Crippen LogP contribution in [0.1, 0.15) is 48.0 Å². The van der Waals surface area contributed by atoms with Gasteiger partial charge in [0, 0.05) is 0 Å². The summed E-state index contributed by atoms with van der Waals surface area (Å²) in [5.74, 6) is -0.406. The molecule has 0 aromatic carbocycles. The Labute approximate surface area is 116 Å². The predicted octanol–water partition coefficient (Wildman–Crippen LogP) is 1.89. The summed E-state index contributed by atoms with van der Waals surface area (Å²) in [6.45, 7) is 11.1. The van der Waals surface area contributed by atoms with E-state index in [0.29, 0.717) is 12.3 Å². The molecule has 0 radical (unpaired) electrons. The van der Waals surface area contributed by atoms with Gasteiger partial charge in [-0.2, -0.15) is 0 Å². The molecule has 0 fully saturated rings. The number of nitrogens with one attached hydrogen (secondary N) is 1. The molecule has 5 heteroatoms. The van der Waals surface area contributed by atoms with E-state index < -0.39 is 17.7 Å². The van der Waals surface area contributed by atoms with Crippen molar-refractivity contribution >= 4 is 11.9 Å². The maximum Gasteiger partial charge on any atom is 0.323 e. The number of carbonyl (C=O) groups is 2. The molecule has 5 nitrogen and oxygen atoms in total. The first-order chi connectivity index (χ1) is 8.56. The molecule has 2 atom stereocenters. The molecule has 0 aromatic heterocycles. The Morgan fingerprint density at radius 2 is 1.63 bits per heavy atom. The standard InChI is InChI=1S/C14H27NO4/c1-9(2)8-11(13(17)18-7)15-10(3)12(16)19-14(4,5)6/h9-11,15H,8H2,1-7H3. The molecule has 2 unspecified atom stereocenters. The SMILES string of the molecule is COC(=O)C(CC(C)C)NC(C)C(=O)OC(C)(C)C. The maximum atomic E-state index is 11.9. The summed E-state index contributed by atoms with van der Waals surface area (Å²) in [4.78, 5) is 23.5. The van der Waals surface area contributed by atoms with Gasteiger partial charge in [0.25, 0.3) is 0 Å². The average Bonchev–Trinajstić information content (AvgIpc) is 2.23. The van der Waals surface area contributed by atoms with Crippen molar-refractivity contribution in [2.75, 3.05) is 7.11 Å². The quantitative estimate of drug-likeness (QED) is 0.749. The Morgan fingerprint density at radius 3 is 2.00 bits per heavy atom. The van der Waals surface area contributed by atoms with E-state index >= 15 is 0 Å². The van der Waals surface area contributed by atoms with E-state index in [1.165, 1.54) is 7.11 Å². The second-order valence-electron chi connectivity index (χ2n) is 6.13. The third-order valence-corrected chi connectivity index (χ3v) is 2.40. The summed E-state index contributed by atoms with van der Waals surface area (Å²) in [7, 11) is 1.34. The molecule has 0 saturated heterocycles. The van der Waals surface area contributed by atoms with Crippen LogP contribution in [0.15, 0.2) is 0 Å². The van der Waals surface area contributed by atoms with Crippen LogP contribution in [-0.2, 0) is 19.1 Å². The van der Waals surface area contributed by atoms with Crippen LogP contribution < -0.4 is 5.32 Å². The van der Waals surface area contributed by atoms with Crippen molar-refractivity contribution in [2.24, 2.45) is 5.92 Å². The van der Waals surface area contributed by atoms with Gasteiger partial charge < -0.3 is 9.47 Å². The summed E-state index contributed by atoms with van der Waals surface area (Å²) >= 11 is 0. The number of methoxy groups -OCH3 is 1. The van der Waals surface area contributed by atoms with Crippen LogP contribution >= 0.6 is 0 Å². The molecule has 0 saturated carbocycles. The van der Waals surface area contributed by atoms with Crippen molar-refractivity contribution in [2.45, 2.75) is 65.6 Å². The monoisotopic (exact) mass is 273 g/mol. The predicted molar refractivity (Wildman–Crippen MR) is 73.7 cm³/mol. The Bertz CT molecular complexity index is 307. The molecular formula is C14H27NO4. The smallest absolute Gasteiger partial charge is 0.323 e. The van der Waals surface area contributed by atoms with Gasteiger partial charge >= 0.3 is 11.9 Å².